The number of benzene rings is 1. The Morgan fingerprint density at radius 2 is 2.04 bits per heavy atom. The molecule has 3 rings (SSSR count). The van der Waals surface area contributed by atoms with Crippen LogP contribution < -0.4 is 16.0 Å². The highest BCUT2D eigenvalue weighted by Crippen LogP contribution is 2.35. The Morgan fingerprint density at radius 3 is 2.61 bits per heavy atom. The molecule has 1 aliphatic rings. The molecule has 0 spiro atoms. The highest BCUT2D eigenvalue weighted by Gasteiger charge is 2.40. The van der Waals surface area contributed by atoms with Gasteiger partial charge in [-0.3, -0.25) is 14.4 Å². The fourth-order valence-electron chi connectivity index (χ4n) is 3.43. The lowest BCUT2D eigenvalue weighted by Gasteiger charge is -2.21. The van der Waals surface area contributed by atoms with E-state index in [4.69, 9.17) is 10.5 Å². The van der Waals surface area contributed by atoms with Crippen LogP contribution in [0.3, 0.4) is 0 Å². The topological polar surface area (TPSA) is 94.6 Å². The van der Waals surface area contributed by atoms with Gasteiger partial charge in [-0.2, -0.15) is 0 Å². The summed E-state index contributed by atoms with van der Waals surface area (Å²) in [5, 5.41) is 0. The number of carbonyl (C=O) groups excluding carboxylic acids is 2. The van der Waals surface area contributed by atoms with Crippen molar-refractivity contribution in [3.05, 3.63) is 63.6 Å². The summed E-state index contributed by atoms with van der Waals surface area (Å²) in [6, 6.07) is 8.71. The third kappa shape index (κ3) is 3.93. The molecule has 7 heteroatoms. The zero-order valence-corrected chi connectivity index (χ0v) is 16.3. The Labute approximate surface area is 163 Å². The number of nitrogens with two attached hydrogens (primary N) is 1. The van der Waals surface area contributed by atoms with Crippen molar-refractivity contribution in [2.45, 2.75) is 32.9 Å². The number of methoxy groups -OCH3 is 1. The number of primary amides is 1. The lowest BCUT2D eigenvalue weighted by Crippen LogP contribution is -2.39. The lowest BCUT2D eigenvalue weighted by molar-refractivity contribution is 0.0743. The zero-order chi connectivity index (χ0) is 20.4. The van der Waals surface area contributed by atoms with E-state index in [1.54, 1.807) is 24.1 Å². The van der Waals surface area contributed by atoms with Crippen LogP contribution in [0.25, 0.3) is 0 Å². The molecule has 1 heterocycles. The van der Waals surface area contributed by atoms with Crippen LogP contribution in [-0.4, -0.2) is 41.0 Å². The molecule has 28 heavy (non-hydrogen) atoms. The van der Waals surface area contributed by atoms with Crippen molar-refractivity contribution >= 4 is 11.8 Å². The number of carbonyl (C=O) groups is 2. The van der Waals surface area contributed by atoms with Crippen molar-refractivity contribution in [2.75, 3.05) is 13.7 Å². The molecule has 1 aromatic carbocycles. The normalized spacial score (nSPS) is 17.8. The Balaban J connectivity index is 2.02. The first-order chi connectivity index (χ1) is 13.3. The first-order valence-corrected chi connectivity index (χ1v) is 9.33. The molecular weight excluding hydrogens is 358 g/mol. The molecular formula is C21H25N3O4. The van der Waals surface area contributed by atoms with E-state index in [-0.39, 0.29) is 29.6 Å². The van der Waals surface area contributed by atoms with Gasteiger partial charge in [0.2, 0.25) is 5.91 Å². The molecule has 0 bridgehead atoms. The third-order valence-corrected chi connectivity index (χ3v) is 5.16. The molecule has 2 N–H and O–H groups in total. The monoisotopic (exact) mass is 383 g/mol. The van der Waals surface area contributed by atoms with E-state index < -0.39 is 11.5 Å². The van der Waals surface area contributed by atoms with Crippen molar-refractivity contribution in [1.82, 2.24) is 9.47 Å². The third-order valence-electron chi connectivity index (χ3n) is 5.16. The highest BCUT2D eigenvalue weighted by molar-refractivity contribution is 5.98. The number of pyridine rings is 1. The fourth-order valence-corrected chi connectivity index (χ4v) is 3.43. The summed E-state index contributed by atoms with van der Waals surface area (Å²) in [5.74, 6) is 0.0376. The van der Waals surface area contributed by atoms with Crippen LogP contribution in [0, 0.1) is 5.92 Å². The minimum Gasteiger partial charge on any atom is -0.497 e. The highest BCUT2D eigenvalue weighted by atomic mass is 16.5. The fraction of sp³-hybridized carbons (Fsp3) is 0.381. The Bertz CT molecular complexity index is 966. The molecule has 7 nitrogen and oxygen atoms in total. The van der Waals surface area contributed by atoms with Crippen LogP contribution in [0.1, 0.15) is 46.5 Å². The second-order valence-electron chi connectivity index (χ2n) is 7.16. The first-order valence-electron chi connectivity index (χ1n) is 9.33. The zero-order valence-electron chi connectivity index (χ0n) is 16.3. The predicted molar refractivity (Wildman–Crippen MR) is 106 cm³/mol. The summed E-state index contributed by atoms with van der Waals surface area (Å²) in [5.41, 5.74) is 5.92. The van der Waals surface area contributed by atoms with Crippen LogP contribution >= 0.6 is 0 Å². The van der Waals surface area contributed by atoms with E-state index in [1.807, 2.05) is 19.1 Å². The van der Waals surface area contributed by atoms with Gasteiger partial charge in [-0.15, -0.1) is 0 Å². The molecule has 2 amide bonds. The Hall–Kier alpha value is -3.09. The number of nitrogens with zero attached hydrogens (tertiary/aromatic N) is 2. The van der Waals surface area contributed by atoms with Crippen LogP contribution in [0.2, 0.25) is 0 Å². The van der Waals surface area contributed by atoms with Gasteiger partial charge < -0.3 is 19.9 Å². The van der Waals surface area contributed by atoms with E-state index in [9.17, 15) is 14.4 Å². The van der Waals surface area contributed by atoms with Gasteiger partial charge in [0.1, 0.15) is 11.3 Å². The summed E-state index contributed by atoms with van der Waals surface area (Å²) in [4.78, 5) is 39.6. The van der Waals surface area contributed by atoms with Gasteiger partial charge >= 0.3 is 0 Å². The molecule has 2 atom stereocenters. The summed E-state index contributed by atoms with van der Waals surface area (Å²) in [6.07, 6.45) is 2.32. The number of ether oxygens (including phenoxy) is 1. The number of hydrogen-bond acceptors (Lipinski definition) is 4. The maximum absolute atomic E-state index is 13.0. The average Bonchev–Trinajstić information content (AvgIpc) is 3.39. The molecule has 1 aromatic heterocycles. The van der Waals surface area contributed by atoms with E-state index in [0.29, 0.717) is 18.2 Å². The molecule has 1 fully saturated rings. The van der Waals surface area contributed by atoms with Crippen molar-refractivity contribution in [3.63, 3.8) is 0 Å². The van der Waals surface area contributed by atoms with Gasteiger partial charge in [-0.25, -0.2) is 0 Å². The number of rotatable bonds is 7. The van der Waals surface area contributed by atoms with Crippen LogP contribution in [0.15, 0.2) is 41.3 Å². The van der Waals surface area contributed by atoms with Crippen molar-refractivity contribution in [1.29, 1.82) is 0 Å². The SMILES string of the molecule is CCN(C(=O)c1cc(C(N)=O)cn(Cc2cccc(OC)c2)c1=O)[C@@H]1C[C@H]1C. The number of aromatic nitrogens is 1. The predicted octanol–water partition coefficient (Wildman–Crippen LogP) is 1.87. The maximum Gasteiger partial charge on any atom is 0.263 e. The van der Waals surface area contributed by atoms with Gasteiger partial charge in [-0.1, -0.05) is 19.1 Å². The molecule has 1 aliphatic carbocycles. The summed E-state index contributed by atoms with van der Waals surface area (Å²) in [6.45, 7) is 4.66. The lowest BCUT2D eigenvalue weighted by atomic mass is 10.1. The van der Waals surface area contributed by atoms with Gasteiger partial charge in [0.15, 0.2) is 0 Å². The van der Waals surface area contributed by atoms with Gasteiger partial charge in [0.25, 0.3) is 11.5 Å². The second-order valence-corrected chi connectivity index (χ2v) is 7.16. The second kappa shape index (κ2) is 7.88. The molecule has 0 aliphatic heterocycles. The maximum atomic E-state index is 13.0. The van der Waals surface area contributed by atoms with Crippen LogP contribution in [-0.2, 0) is 6.54 Å². The minimum absolute atomic E-state index is 0.0276. The standard InChI is InChI=1S/C21H25N3O4/c1-4-24(18-8-13(18)2)21(27)17-10-15(19(22)25)12-23(20(17)26)11-14-6-5-7-16(9-14)28-3/h5-7,9-10,12-13,18H,4,8,11H2,1-3H3,(H2,22,25)/t13-,18-/m1/s1. The van der Waals surface area contributed by atoms with E-state index in [0.717, 1.165) is 12.0 Å². The van der Waals surface area contributed by atoms with Crippen molar-refractivity contribution in [2.24, 2.45) is 11.7 Å². The first kappa shape index (κ1) is 19.7. The summed E-state index contributed by atoms with van der Waals surface area (Å²) < 4.78 is 6.57. The van der Waals surface area contributed by atoms with Crippen LogP contribution in [0.4, 0.5) is 0 Å². The molecule has 0 radical (unpaired) electrons. The largest absolute Gasteiger partial charge is 0.497 e. The average molecular weight is 383 g/mol. The Kier molecular flexibility index (Phi) is 5.53. The number of hydrogen-bond donors (Lipinski definition) is 1. The molecule has 148 valence electrons. The molecule has 0 saturated heterocycles. The van der Waals surface area contributed by atoms with Crippen molar-refractivity contribution in [3.8, 4) is 5.75 Å². The van der Waals surface area contributed by atoms with Crippen molar-refractivity contribution < 1.29 is 14.3 Å². The quantitative estimate of drug-likeness (QED) is 0.790. The summed E-state index contributed by atoms with van der Waals surface area (Å²) in [7, 11) is 1.56. The smallest absolute Gasteiger partial charge is 0.263 e. The van der Waals surface area contributed by atoms with E-state index >= 15 is 0 Å². The Morgan fingerprint density at radius 1 is 1.32 bits per heavy atom. The number of amides is 2. The summed E-state index contributed by atoms with van der Waals surface area (Å²) >= 11 is 0. The molecule has 1 saturated carbocycles. The van der Waals surface area contributed by atoms with E-state index in [1.165, 1.54) is 16.8 Å². The minimum atomic E-state index is -0.684. The molecule has 2 aromatic rings. The molecule has 0 unspecified atom stereocenters. The van der Waals surface area contributed by atoms with Gasteiger partial charge in [0.05, 0.1) is 19.2 Å². The van der Waals surface area contributed by atoms with E-state index in [2.05, 4.69) is 6.92 Å². The van der Waals surface area contributed by atoms with Gasteiger partial charge in [0, 0.05) is 18.8 Å². The van der Waals surface area contributed by atoms with Gasteiger partial charge in [-0.05, 0) is 43.0 Å². The van der Waals surface area contributed by atoms with Crippen LogP contribution in [0.5, 0.6) is 5.75 Å².